The molecule has 76 valence electrons. The van der Waals surface area contributed by atoms with Gasteiger partial charge in [0.2, 0.25) is 0 Å². The lowest BCUT2D eigenvalue weighted by Crippen LogP contribution is -2.08. The van der Waals surface area contributed by atoms with Crippen molar-refractivity contribution in [3.63, 3.8) is 0 Å². The van der Waals surface area contributed by atoms with Crippen LogP contribution in [0.1, 0.15) is 30.1 Å². The maximum absolute atomic E-state index is 6.26. The van der Waals surface area contributed by atoms with Gasteiger partial charge in [0.05, 0.1) is 0 Å². The largest absolute Gasteiger partial charge is 0.239 e. The molecule has 0 amide bonds. The van der Waals surface area contributed by atoms with E-state index >= 15 is 0 Å². The van der Waals surface area contributed by atoms with Crippen LogP contribution in [0, 0.1) is 19.8 Å². The first-order valence-corrected chi connectivity index (χ1v) is 5.54. The Morgan fingerprint density at radius 3 is 2.71 bits per heavy atom. The van der Waals surface area contributed by atoms with Gasteiger partial charge in [-0.25, -0.2) is 9.97 Å². The lowest BCUT2D eigenvalue weighted by atomic mass is 10.1. The first-order chi connectivity index (χ1) is 6.65. The van der Waals surface area contributed by atoms with Gasteiger partial charge in [0, 0.05) is 23.2 Å². The quantitative estimate of drug-likeness (QED) is 0.717. The lowest BCUT2D eigenvalue weighted by Gasteiger charge is -2.07. The Hall–Kier alpha value is -0.630. The molecule has 1 unspecified atom stereocenters. The van der Waals surface area contributed by atoms with E-state index in [1.54, 1.807) is 0 Å². The molecule has 1 atom stereocenters. The highest BCUT2D eigenvalue weighted by atomic mass is 35.5. The van der Waals surface area contributed by atoms with Crippen molar-refractivity contribution < 1.29 is 0 Å². The topological polar surface area (TPSA) is 25.8 Å². The highest BCUT2D eigenvalue weighted by Gasteiger charge is 2.29. The number of hydrogen-bond donors (Lipinski definition) is 0. The van der Waals surface area contributed by atoms with E-state index in [2.05, 4.69) is 9.97 Å². The number of aromatic nitrogens is 2. The van der Waals surface area contributed by atoms with Crippen LogP contribution in [0.15, 0.2) is 6.07 Å². The molecule has 1 aromatic heterocycles. The maximum atomic E-state index is 6.26. The summed E-state index contributed by atoms with van der Waals surface area (Å²) in [7, 11) is 0. The second kappa shape index (κ2) is 3.85. The monoisotopic (exact) mass is 210 g/mol. The Bertz CT molecular complexity index is 314. The van der Waals surface area contributed by atoms with E-state index in [4.69, 9.17) is 11.6 Å². The summed E-state index contributed by atoms with van der Waals surface area (Å²) >= 11 is 6.26. The number of alkyl halides is 1. The highest BCUT2D eigenvalue weighted by molar-refractivity contribution is 6.21. The Kier molecular flexibility index (Phi) is 2.73. The van der Waals surface area contributed by atoms with Crippen LogP contribution in [-0.2, 0) is 6.42 Å². The van der Waals surface area contributed by atoms with Crippen LogP contribution in [0.3, 0.4) is 0 Å². The molecule has 0 aromatic carbocycles. The third-order valence-corrected chi connectivity index (χ3v) is 3.07. The average Bonchev–Trinajstić information content (AvgIpc) is 2.82. The minimum Gasteiger partial charge on any atom is -0.239 e. The molecule has 1 aromatic rings. The summed E-state index contributed by atoms with van der Waals surface area (Å²) in [5, 5.41) is 0.267. The predicted octanol–water partition coefficient (Wildman–Crippen LogP) is 2.65. The fraction of sp³-hybridized carbons (Fsp3) is 0.636. The van der Waals surface area contributed by atoms with Gasteiger partial charge in [0.15, 0.2) is 0 Å². The minimum atomic E-state index is 0.267. The zero-order valence-electron chi connectivity index (χ0n) is 8.63. The molecule has 1 aliphatic rings. The Labute approximate surface area is 89.7 Å². The second-order valence-corrected chi connectivity index (χ2v) is 4.67. The van der Waals surface area contributed by atoms with Crippen LogP contribution < -0.4 is 0 Å². The van der Waals surface area contributed by atoms with Crippen molar-refractivity contribution in [2.75, 3.05) is 0 Å². The first-order valence-electron chi connectivity index (χ1n) is 5.10. The highest BCUT2D eigenvalue weighted by Crippen LogP contribution is 2.36. The van der Waals surface area contributed by atoms with Crippen molar-refractivity contribution in [1.29, 1.82) is 0 Å². The third-order valence-electron chi connectivity index (χ3n) is 2.56. The van der Waals surface area contributed by atoms with E-state index in [0.717, 1.165) is 29.6 Å². The van der Waals surface area contributed by atoms with E-state index in [9.17, 15) is 0 Å². The summed E-state index contributed by atoms with van der Waals surface area (Å²) in [6, 6.07) is 2.03. The molecule has 1 fully saturated rings. The van der Waals surface area contributed by atoms with Gasteiger partial charge >= 0.3 is 0 Å². The third kappa shape index (κ3) is 2.44. The molecule has 0 aliphatic heterocycles. The summed E-state index contributed by atoms with van der Waals surface area (Å²) in [6.07, 6.45) is 3.46. The zero-order valence-corrected chi connectivity index (χ0v) is 9.38. The summed E-state index contributed by atoms with van der Waals surface area (Å²) in [6.45, 7) is 3.93. The van der Waals surface area contributed by atoms with Crippen molar-refractivity contribution in [3.8, 4) is 0 Å². The van der Waals surface area contributed by atoms with E-state index in [1.165, 1.54) is 12.8 Å². The Balaban J connectivity index is 2.07. The Morgan fingerprint density at radius 2 is 2.14 bits per heavy atom. The summed E-state index contributed by atoms with van der Waals surface area (Å²) in [5.41, 5.74) is 2.12. The molecule has 1 heterocycles. The summed E-state index contributed by atoms with van der Waals surface area (Å²) in [5.74, 6) is 1.58. The summed E-state index contributed by atoms with van der Waals surface area (Å²) < 4.78 is 0. The molecule has 1 aliphatic carbocycles. The van der Waals surface area contributed by atoms with Crippen molar-refractivity contribution in [2.45, 2.75) is 38.5 Å². The smallest absolute Gasteiger partial charge is 0.125 e. The molecule has 2 rings (SSSR count). The van der Waals surface area contributed by atoms with E-state index < -0.39 is 0 Å². The number of hydrogen-bond acceptors (Lipinski definition) is 2. The van der Waals surface area contributed by atoms with Crippen LogP contribution in [-0.4, -0.2) is 15.3 Å². The van der Waals surface area contributed by atoms with Gasteiger partial charge in [-0.2, -0.15) is 0 Å². The second-order valence-electron chi connectivity index (χ2n) is 4.11. The van der Waals surface area contributed by atoms with Gasteiger partial charge in [-0.15, -0.1) is 11.6 Å². The van der Waals surface area contributed by atoms with Crippen molar-refractivity contribution in [3.05, 3.63) is 23.3 Å². The van der Waals surface area contributed by atoms with Gasteiger partial charge in [-0.1, -0.05) is 0 Å². The van der Waals surface area contributed by atoms with Gasteiger partial charge in [-0.05, 0) is 38.7 Å². The van der Waals surface area contributed by atoms with Crippen LogP contribution in [0.25, 0.3) is 0 Å². The lowest BCUT2D eigenvalue weighted by molar-refractivity contribution is 0.717. The molecule has 0 saturated heterocycles. The first kappa shape index (κ1) is 9.91. The van der Waals surface area contributed by atoms with Crippen molar-refractivity contribution in [2.24, 2.45) is 5.92 Å². The number of halogens is 1. The maximum Gasteiger partial charge on any atom is 0.125 e. The van der Waals surface area contributed by atoms with Crippen molar-refractivity contribution in [1.82, 2.24) is 9.97 Å². The average molecular weight is 211 g/mol. The molecule has 0 bridgehead atoms. The Morgan fingerprint density at radius 1 is 1.43 bits per heavy atom. The minimum absolute atomic E-state index is 0.267. The normalized spacial score (nSPS) is 18.2. The summed E-state index contributed by atoms with van der Waals surface area (Å²) in [4.78, 5) is 8.64. The SMILES string of the molecule is Cc1cc(CC(Cl)C2CC2)nc(C)n1. The van der Waals surface area contributed by atoms with Gasteiger partial charge in [0.1, 0.15) is 5.82 Å². The molecule has 2 nitrogen and oxygen atoms in total. The van der Waals surface area contributed by atoms with E-state index in [-0.39, 0.29) is 5.38 Å². The number of rotatable bonds is 3. The molecule has 0 spiro atoms. The molecule has 0 N–H and O–H groups in total. The predicted molar refractivity (Wildman–Crippen MR) is 57.6 cm³/mol. The number of nitrogens with zero attached hydrogens (tertiary/aromatic N) is 2. The van der Waals surface area contributed by atoms with E-state index in [0.29, 0.717) is 0 Å². The molecular weight excluding hydrogens is 196 g/mol. The fourth-order valence-corrected chi connectivity index (χ4v) is 2.13. The van der Waals surface area contributed by atoms with E-state index in [1.807, 2.05) is 19.9 Å². The van der Waals surface area contributed by atoms with Crippen molar-refractivity contribution >= 4 is 11.6 Å². The fourth-order valence-electron chi connectivity index (χ4n) is 1.72. The van der Waals surface area contributed by atoms with Gasteiger partial charge in [-0.3, -0.25) is 0 Å². The van der Waals surface area contributed by atoms with Gasteiger partial charge in [0.25, 0.3) is 0 Å². The van der Waals surface area contributed by atoms with Crippen LogP contribution in [0.4, 0.5) is 0 Å². The van der Waals surface area contributed by atoms with Crippen LogP contribution in [0.5, 0.6) is 0 Å². The molecule has 1 saturated carbocycles. The zero-order chi connectivity index (χ0) is 10.1. The molecule has 0 radical (unpaired) electrons. The molecule has 3 heteroatoms. The van der Waals surface area contributed by atoms with Gasteiger partial charge < -0.3 is 0 Å². The molecule has 14 heavy (non-hydrogen) atoms. The van der Waals surface area contributed by atoms with Crippen LogP contribution >= 0.6 is 11.6 Å². The number of aryl methyl sites for hydroxylation is 2. The standard InChI is InChI=1S/C11H15ClN2/c1-7-5-10(14-8(2)13-7)6-11(12)9-3-4-9/h5,9,11H,3-4,6H2,1-2H3. The molecular formula is C11H15ClN2. The van der Waals surface area contributed by atoms with Crippen LogP contribution in [0.2, 0.25) is 0 Å².